The summed E-state index contributed by atoms with van der Waals surface area (Å²) in [4.78, 5) is 108. The Balaban J connectivity index is 0.707. The van der Waals surface area contributed by atoms with E-state index in [1.807, 2.05) is 18.3 Å². The predicted molar refractivity (Wildman–Crippen MR) is 245 cm³/mol. The Hall–Kier alpha value is -6.56. The Morgan fingerprint density at radius 2 is 1.57 bits per heavy atom. The van der Waals surface area contributed by atoms with Gasteiger partial charge in [-0.25, -0.2) is 9.97 Å². The van der Waals surface area contributed by atoms with Gasteiger partial charge in [0.1, 0.15) is 17.5 Å². The molecule has 0 radical (unpaired) electrons. The quantitative estimate of drug-likeness (QED) is 0.0608. The molecule has 4 aromatic rings. The van der Waals surface area contributed by atoms with Crippen LogP contribution in [0.4, 0.5) is 23.1 Å². The molecule has 2 saturated heterocycles. The third-order valence-corrected chi connectivity index (χ3v) is 13.1. The minimum Gasteiger partial charge on any atom is -0.384 e. The summed E-state index contributed by atoms with van der Waals surface area (Å²) in [5, 5.41) is 12.5. The fourth-order valence-corrected chi connectivity index (χ4v) is 9.56. The van der Waals surface area contributed by atoms with Crippen LogP contribution in [0.2, 0.25) is 0 Å². The van der Waals surface area contributed by atoms with E-state index in [2.05, 4.69) is 41.0 Å². The second-order valence-corrected chi connectivity index (χ2v) is 17.5. The molecule has 1 aromatic carbocycles. The molecule has 6 heterocycles. The molecule has 1 atom stereocenters. The summed E-state index contributed by atoms with van der Waals surface area (Å²) >= 11 is 0. The van der Waals surface area contributed by atoms with Crippen molar-refractivity contribution in [2.75, 3.05) is 61.3 Å². The Morgan fingerprint density at radius 3 is 2.28 bits per heavy atom. The van der Waals surface area contributed by atoms with Crippen LogP contribution in [-0.4, -0.2) is 116 Å². The van der Waals surface area contributed by atoms with Gasteiger partial charge in [0.05, 0.1) is 35.1 Å². The molecule has 0 spiro atoms. The van der Waals surface area contributed by atoms with Gasteiger partial charge in [-0.1, -0.05) is 44.6 Å². The van der Waals surface area contributed by atoms with Crippen LogP contribution in [0.1, 0.15) is 127 Å². The zero-order chi connectivity index (χ0) is 45.6. The number of benzene rings is 1. The molecular formula is C47H57N11O7. The van der Waals surface area contributed by atoms with Gasteiger partial charge in [0.15, 0.2) is 5.78 Å². The molecule has 1 aliphatic carbocycles. The van der Waals surface area contributed by atoms with Gasteiger partial charge in [-0.05, 0) is 75.8 Å². The van der Waals surface area contributed by atoms with Crippen LogP contribution in [-0.2, 0) is 14.4 Å². The van der Waals surface area contributed by atoms with E-state index in [0.29, 0.717) is 53.7 Å². The van der Waals surface area contributed by atoms with Crippen molar-refractivity contribution in [3.8, 4) is 0 Å². The van der Waals surface area contributed by atoms with Crippen molar-refractivity contribution < 1.29 is 28.8 Å². The maximum atomic E-state index is 13.6. The van der Waals surface area contributed by atoms with E-state index in [9.17, 15) is 33.6 Å². The first kappa shape index (κ1) is 45.0. The molecule has 8 rings (SSSR count). The number of ketones is 1. The fourth-order valence-electron chi connectivity index (χ4n) is 9.56. The SMILES string of the molecule is CC(=O)c1c(C)c2cnc(Nc3ccc(N4CCN(CC(=O)NCCCCCCCCNc5cccc6c5C(=O)N(C5CCC(=O)NC5=O)C6=O)CC4)cn3)nc2n(C2CCCC2)c1=O. The maximum Gasteiger partial charge on any atom is 0.264 e. The smallest absolute Gasteiger partial charge is 0.264 e. The summed E-state index contributed by atoms with van der Waals surface area (Å²) in [6.45, 7) is 7.86. The number of Topliss-reactive ketones (excluding diaryl/α,β-unsaturated/α-hetero) is 1. The molecule has 4 N–H and O–H groups in total. The predicted octanol–water partition coefficient (Wildman–Crippen LogP) is 4.65. The standard InChI is InChI=1S/C47H57N11O7/c1-29-34-27-51-47(54-42(34)57(31-12-7-8-13-31)45(64)40(29)30(2)59)52-37-18-16-32(26-50-37)56-24-22-55(23-25-56)28-39(61)49-21-10-6-4-3-5-9-20-48-35-15-11-14-33-41(35)46(65)58(44(33)63)36-17-19-38(60)53-43(36)62/h11,14-16,18,26-27,31,36,48H,3-10,12-13,17,19-25,28H2,1-2H3,(H,49,61)(H,53,60,62)(H,50,51,52,54). The minimum absolute atomic E-state index is 0.00344. The number of imide groups is 2. The minimum atomic E-state index is -0.993. The molecule has 1 unspecified atom stereocenters. The summed E-state index contributed by atoms with van der Waals surface area (Å²) < 4.78 is 1.70. The summed E-state index contributed by atoms with van der Waals surface area (Å²) in [5.41, 5.74) is 3.12. The molecule has 4 aliphatic rings. The molecule has 3 aromatic heterocycles. The number of carbonyl (C=O) groups is 6. The van der Waals surface area contributed by atoms with Gasteiger partial charge >= 0.3 is 0 Å². The Kier molecular flexibility index (Phi) is 13.9. The highest BCUT2D eigenvalue weighted by Gasteiger charge is 2.45. The van der Waals surface area contributed by atoms with Crippen LogP contribution in [0.15, 0.2) is 47.5 Å². The topological polar surface area (TPSA) is 221 Å². The monoisotopic (exact) mass is 887 g/mol. The average molecular weight is 888 g/mol. The van der Waals surface area contributed by atoms with Gasteiger partial charge in [0.2, 0.25) is 23.7 Å². The number of unbranched alkanes of at least 4 members (excludes halogenated alkanes) is 5. The lowest BCUT2D eigenvalue weighted by Gasteiger charge is -2.35. The summed E-state index contributed by atoms with van der Waals surface area (Å²) in [5.74, 6) is -1.40. The number of aryl methyl sites for hydroxylation is 1. The van der Waals surface area contributed by atoms with Crippen molar-refractivity contribution in [3.63, 3.8) is 0 Å². The van der Waals surface area contributed by atoms with Gasteiger partial charge in [-0.2, -0.15) is 4.98 Å². The highest BCUT2D eigenvalue weighted by molar-refractivity contribution is 6.25. The van der Waals surface area contributed by atoms with Gasteiger partial charge < -0.3 is 20.9 Å². The maximum absolute atomic E-state index is 13.6. The molecule has 65 heavy (non-hydrogen) atoms. The number of rotatable bonds is 18. The number of aromatic nitrogens is 4. The van der Waals surface area contributed by atoms with Crippen molar-refractivity contribution in [2.45, 2.75) is 103 Å². The van der Waals surface area contributed by atoms with Crippen LogP contribution >= 0.6 is 0 Å². The van der Waals surface area contributed by atoms with Gasteiger partial charge in [0, 0.05) is 69.0 Å². The Labute approximate surface area is 376 Å². The number of anilines is 4. The number of pyridine rings is 2. The lowest BCUT2D eigenvalue weighted by atomic mass is 10.0. The summed E-state index contributed by atoms with van der Waals surface area (Å²) in [6.07, 6.45) is 13.3. The summed E-state index contributed by atoms with van der Waals surface area (Å²) in [6, 6.07) is 7.95. The number of hydrogen-bond donors (Lipinski definition) is 4. The van der Waals surface area contributed by atoms with Crippen molar-refractivity contribution >= 4 is 69.5 Å². The number of fused-ring (bicyclic) bond motifs is 2. The van der Waals surface area contributed by atoms with Gasteiger partial charge in [-0.15, -0.1) is 0 Å². The normalized spacial score (nSPS) is 18.0. The number of carbonyl (C=O) groups excluding carboxylic acids is 6. The third kappa shape index (κ3) is 9.91. The van der Waals surface area contributed by atoms with E-state index in [-0.39, 0.29) is 52.8 Å². The molecule has 3 aliphatic heterocycles. The van der Waals surface area contributed by atoms with Crippen LogP contribution in [0.25, 0.3) is 11.0 Å². The van der Waals surface area contributed by atoms with Crippen LogP contribution in [0.3, 0.4) is 0 Å². The number of nitrogens with zero attached hydrogens (tertiary/aromatic N) is 7. The molecule has 18 heteroatoms. The molecule has 5 amide bonds. The first-order valence-corrected chi connectivity index (χ1v) is 23.0. The largest absolute Gasteiger partial charge is 0.384 e. The number of piperazine rings is 1. The molecule has 3 fully saturated rings. The zero-order valence-electron chi connectivity index (χ0n) is 37.1. The average Bonchev–Trinajstić information content (AvgIpc) is 3.91. The zero-order valence-corrected chi connectivity index (χ0v) is 37.1. The van der Waals surface area contributed by atoms with E-state index in [1.54, 1.807) is 35.9 Å². The second-order valence-electron chi connectivity index (χ2n) is 17.5. The van der Waals surface area contributed by atoms with E-state index in [0.717, 1.165) is 101 Å². The van der Waals surface area contributed by atoms with E-state index >= 15 is 0 Å². The first-order chi connectivity index (χ1) is 31.5. The molecule has 342 valence electrons. The van der Waals surface area contributed by atoms with E-state index in [4.69, 9.17) is 4.98 Å². The van der Waals surface area contributed by atoms with Gasteiger partial charge in [-0.3, -0.25) is 53.2 Å². The third-order valence-electron chi connectivity index (χ3n) is 13.1. The molecule has 18 nitrogen and oxygen atoms in total. The van der Waals surface area contributed by atoms with Crippen molar-refractivity contribution in [2.24, 2.45) is 0 Å². The van der Waals surface area contributed by atoms with Crippen molar-refractivity contribution in [1.29, 1.82) is 0 Å². The number of piperidine rings is 1. The van der Waals surface area contributed by atoms with Crippen molar-refractivity contribution in [3.05, 3.63) is 75.3 Å². The van der Waals surface area contributed by atoms with Crippen molar-refractivity contribution in [1.82, 2.24) is 40.0 Å². The second kappa shape index (κ2) is 20.1. The Bertz CT molecular complexity index is 2550. The van der Waals surface area contributed by atoms with Crippen LogP contribution in [0.5, 0.6) is 0 Å². The molecule has 1 saturated carbocycles. The summed E-state index contributed by atoms with van der Waals surface area (Å²) in [7, 11) is 0. The number of amides is 5. The highest BCUT2D eigenvalue weighted by atomic mass is 16.2. The fraction of sp³-hybridized carbons (Fsp3) is 0.489. The van der Waals surface area contributed by atoms with E-state index < -0.39 is 29.7 Å². The van der Waals surface area contributed by atoms with Crippen LogP contribution < -0.4 is 31.7 Å². The van der Waals surface area contributed by atoms with E-state index in [1.165, 1.54) is 6.92 Å². The Morgan fingerprint density at radius 1 is 0.831 bits per heavy atom. The highest BCUT2D eigenvalue weighted by Crippen LogP contribution is 2.34. The number of nitrogens with one attached hydrogen (secondary N) is 4. The number of hydrogen-bond acceptors (Lipinski definition) is 14. The first-order valence-electron chi connectivity index (χ1n) is 23.0. The molecular weight excluding hydrogens is 831 g/mol. The van der Waals surface area contributed by atoms with Crippen LogP contribution in [0, 0.1) is 6.92 Å². The molecule has 0 bridgehead atoms. The lowest BCUT2D eigenvalue weighted by molar-refractivity contribution is -0.136. The lowest BCUT2D eigenvalue weighted by Crippen LogP contribution is -2.54. The van der Waals surface area contributed by atoms with Gasteiger partial charge in [0.25, 0.3) is 17.4 Å².